The summed E-state index contributed by atoms with van der Waals surface area (Å²) in [5, 5.41) is 5.72. The van der Waals surface area contributed by atoms with Gasteiger partial charge in [-0.2, -0.15) is 0 Å². The van der Waals surface area contributed by atoms with E-state index in [0.717, 1.165) is 25.7 Å². The fourth-order valence-corrected chi connectivity index (χ4v) is 3.25. The number of carbonyl (C=O) groups is 1. The molecule has 1 saturated carbocycles. The number of urea groups is 1. The third-order valence-electron chi connectivity index (χ3n) is 4.68. The normalized spacial score (nSPS) is 20.8. The van der Waals surface area contributed by atoms with Crippen LogP contribution in [0.15, 0.2) is 15.8 Å². The van der Waals surface area contributed by atoms with Crippen molar-refractivity contribution in [1.29, 1.82) is 0 Å². The molecule has 1 aliphatic rings. The summed E-state index contributed by atoms with van der Waals surface area (Å²) in [5.41, 5.74) is -1.00. The van der Waals surface area contributed by atoms with Crippen LogP contribution in [0.25, 0.3) is 0 Å². The molecule has 7 heteroatoms. The predicted molar refractivity (Wildman–Crippen MR) is 93.1 cm³/mol. The highest BCUT2D eigenvalue weighted by Gasteiger charge is 2.27. The van der Waals surface area contributed by atoms with E-state index in [0.29, 0.717) is 11.5 Å². The Morgan fingerprint density at radius 1 is 1.33 bits per heavy atom. The van der Waals surface area contributed by atoms with E-state index in [2.05, 4.69) is 22.5 Å². The molecule has 1 heterocycles. The zero-order valence-electron chi connectivity index (χ0n) is 14.9. The monoisotopic (exact) mass is 336 g/mol. The molecule has 1 aromatic rings. The van der Waals surface area contributed by atoms with Crippen LogP contribution in [0.4, 0.5) is 4.79 Å². The van der Waals surface area contributed by atoms with Crippen LogP contribution in [-0.2, 0) is 12.1 Å². The van der Waals surface area contributed by atoms with Gasteiger partial charge in [0.25, 0.3) is 5.56 Å². The topological polar surface area (TPSA) is 96.0 Å². The number of rotatable bonds is 4. The molecule has 0 bridgehead atoms. The van der Waals surface area contributed by atoms with E-state index in [-0.39, 0.29) is 18.6 Å². The van der Waals surface area contributed by atoms with Gasteiger partial charge in [0.15, 0.2) is 0 Å². The number of aromatic amines is 1. The van der Waals surface area contributed by atoms with Crippen molar-refractivity contribution in [3.63, 3.8) is 0 Å². The van der Waals surface area contributed by atoms with Gasteiger partial charge >= 0.3 is 11.7 Å². The van der Waals surface area contributed by atoms with Crippen LogP contribution < -0.4 is 21.9 Å². The maximum Gasteiger partial charge on any atom is 0.328 e. The predicted octanol–water partition coefficient (Wildman–Crippen LogP) is 1.67. The van der Waals surface area contributed by atoms with Gasteiger partial charge in [0.2, 0.25) is 0 Å². The molecule has 1 aliphatic carbocycles. The second kappa shape index (κ2) is 7.23. The molecule has 3 N–H and O–H groups in total. The van der Waals surface area contributed by atoms with Gasteiger partial charge in [0, 0.05) is 17.8 Å². The van der Waals surface area contributed by atoms with Crippen LogP contribution in [0.2, 0.25) is 0 Å². The molecule has 0 saturated heterocycles. The molecule has 1 fully saturated rings. The molecule has 7 nitrogen and oxygen atoms in total. The van der Waals surface area contributed by atoms with Gasteiger partial charge in [-0.15, -0.1) is 0 Å². The lowest BCUT2D eigenvalue weighted by atomic mass is 10.0. The summed E-state index contributed by atoms with van der Waals surface area (Å²) in [7, 11) is 0. The SMILES string of the molecule is CCC1CCCC1NC(=O)NCc1cn(C(C)(C)C)c(=O)[nH]c1=O. The Hall–Kier alpha value is -2.05. The molecule has 0 spiro atoms. The highest BCUT2D eigenvalue weighted by atomic mass is 16.2. The maximum absolute atomic E-state index is 12.1. The number of amides is 2. The first-order valence-electron chi connectivity index (χ1n) is 8.62. The van der Waals surface area contributed by atoms with Gasteiger partial charge in [-0.25, -0.2) is 9.59 Å². The summed E-state index contributed by atoms with van der Waals surface area (Å²) in [6.45, 7) is 7.85. The van der Waals surface area contributed by atoms with Crippen LogP contribution >= 0.6 is 0 Å². The minimum Gasteiger partial charge on any atom is -0.335 e. The molecule has 0 radical (unpaired) electrons. The van der Waals surface area contributed by atoms with Gasteiger partial charge in [-0.3, -0.25) is 14.3 Å². The smallest absolute Gasteiger partial charge is 0.328 e. The van der Waals surface area contributed by atoms with E-state index < -0.39 is 16.8 Å². The van der Waals surface area contributed by atoms with Crippen LogP contribution in [-0.4, -0.2) is 21.6 Å². The summed E-state index contributed by atoms with van der Waals surface area (Å²) < 4.78 is 1.47. The zero-order valence-corrected chi connectivity index (χ0v) is 14.9. The van der Waals surface area contributed by atoms with Crippen molar-refractivity contribution in [3.05, 3.63) is 32.6 Å². The fourth-order valence-electron chi connectivity index (χ4n) is 3.25. The fraction of sp³-hybridized carbons (Fsp3) is 0.706. The molecular weight excluding hydrogens is 308 g/mol. The van der Waals surface area contributed by atoms with E-state index in [9.17, 15) is 14.4 Å². The van der Waals surface area contributed by atoms with E-state index in [1.807, 2.05) is 20.8 Å². The Morgan fingerprint density at radius 2 is 2.04 bits per heavy atom. The first kappa shape index (κ1) is 18.3. The van der Waals surface area contributed by atoms with Crippen molar-refractivity contribution in [1.82, 2.24) is 20.2 Å². The molecule has 0 aromatic carbocycles. The lowest BCUT2D eigenvalue weighted by molar-refractivity contribution is 0.232. The first-order valence-corrected chi connectivity index (χ1v) is 8.62. The molecule has 2 amide bonds. The average molecular weight is 336 g/mol. The molecule has 134 valence electrons. The highest BCUT2D eigenvalue weighted by molar-refractivity contribution is 5.74. The number of hydrogen-bond acceptors (Lipinski definition) is 3. The summed E-state index contributed by atoms with van der Waals surface area (Å²) in [6, 6.07) is -0.0647. The van der Waals surface area contributed by atoms with Crippen molar-refractivity contribution in [2.24, 2.45) is 5.92 Å². The number of aromatic nitrogens is 2. The van der Waals surface area contributed by atoms with Crippen LogP contribution in [0.1, 0.15) is 58.9 Å². The lowest BCUT2D eigenvalue weighted by Crippen LogP contribution is -2.45. The van der Waals surface area contributed by atoms with Gasteiger partial charge in [0.05, 0.1) is 12.1 Å². The lowest BCUT2D eigenvalue weighted by Gasteiger charge is -2.22. The van der Waals surface area contributed by atoms with Gasteiger partial charge < -0.3 is 10.6 Å². The van der Waals surface area contributed by atoms with Crippen molar-refractivity contribution >= 4 is 6.03 Å². The Balaban J connectivity index is 2.02. The van der Waals surface area contributed by atoms with Crippen LogP contribution in [0.5, 0.6) is 0 Å². The molecule has 2 atom stereocenters. The molecule has 1 aromatic heterocycles. The van der Waals surface area contributed by atoms with Crippen molar-refractivity contribution < 1.29 is 4.79 Å². The molecular formula is C17H28N4O3. The third kappa shape index (κ3) is 4.27. The van der Waals surface area contributed by atoms with Gasteiger partial charge in [0.1, 0.15) is 0 Å². The largest absolute Gasteiger partial charge is 0.335 e. The second-order valence-corrected chi connectivity index (χ2v) is 7.49. The summed E-state index contributed by atoms with van der Waals surface area (Å²) in [4.78, 5) is 38.2. The summed E-state index contributed by atoms with van der Waals surface area (Å²) in [6.07, 6.45) is 5.87. The Labute approximate surface area is 141 Å². The Kier molecular flexibility index (Phi) is 5.51. The molecule has 24 heavy (non-hydrogen) atoms. The van der Waals surface area contributed by atoms with Crippen molar-refractivity contribution in [2.75, 3.05) is 0 Å². The standard InChI is InChI=1S/C17H28N4O3/c1-5-11-7-6-8-13(11)19-15(23)18-9-12-10-21(17(2,3)4)16(24)20-14(12)22/h10-11,13H,5-9H2,1-4H3,(H2,18,19,23)(H,20,22,24). The maximum atomic E-state index is 12.1. The van der Waals surface area contributed by atoms with Crippen molar-refractivity contribution in [2.45, 2.75) is 71.5 Å². The van der Waals surface area contributed by atoms with Crippen LogP contribution in [0, 0.1) is 5.92 Å². The van der Waals surface area contributed by atoms with E-state index in [4.69, 9.17) is 0 Å². The average Bonchev–Trinajstić information content (AvgIpc) is 2.92. The van der Waals surface area contributed by atoms with Gasteiger partial charge in [-0.1, -0.05) is 19.8 Å². The van der Waals surface area contributed by atoms with E-state index in [1.54, 1.807) is 0 Å². The zero-order chi connectivity index (χ0) is 17.9. The third-order valence-corrected chi connectivity index (χ3v) is 4.68. The molecule has 0 aliphatic heterocycles. The minimum absolute atomic E-state index is 0.0844. The van der Waals surface area contributed by atoms with E-state index >= 15 is 0 Å². The quantitative estimate of drug-likeness (QED) is 0.780. The number of hydrogen-bond donors (Lipinski definition) is 3. The summed E-state index contributed by atoms with van der Waals surface area (Å²) >= 11 is 0. The molecule has 2 unspecified atom stereocenters. The number of carbonyl (C=O) groups excluding carboxylic acids is 1. The van der Waals surface area contributed by atoms with Crippen molar-refractivity contribution in [3.8, 4) is 0 Å². The Bertz CT molecular complexity index is 699. The number of nitrogens with zero attached hydrogens (tertiary/aromatic N) is 1. The Morgan fingerprint density at radius 3 is 2.67 bits per heavy atom. The minimum atomic E-state index is -0.465. The van der Waals surface area contributed by atoms with Crippen LogP contribution in [0.3, 0.4) is 0 Å². The molecule has 2 rings (SSSR count). The second-order valence-electron chi connectivity index (χ2n) is 7.49. The number of H-pyrrole nitrogens is 1. The summed E-state index contributed by atoms with van der Waals surface area (Å²) in [5.74, 6) is 0.530. The highest BCUT2D eigenvalue weighted by Crippen LogP contribution is 2.27. The first-order chi connectivity index (χ1) is 11.2. The van der Waals surface area contributed by atoms with E-state index in [1.165, 1.54) is 10.8 Å². The van der Waals surface area contributed by atoms with Gasteiger partial charge in [-0.05, 0) is 39.5 Å². The number of nitrogens with one attached hydrogen (secondary N) is 3.